The van der Waals surface area contributed by atoms with Crippen molar-refractivity contribution in [3.8, 4) is 6.07 Å². The van der Waals surface area contributed by atoms with Crippen LogP contribution in [0.25, 0.3) is 0 Å². The standard InChI is InChI=1S/C17H18N2/c1-13-8-9-14(2)16(10-13)12-19(3)17-7-5-4-6-15(17)11-18/h4-10H,12H2,1-3H3. The predicted molar refractivity (Wildman–Crippen MR) is 79.2 cm³/mol. The van der Waals surface area contributed by atoms with Gasteiger partial charge in [-0.3, -0.25) is 0 Å². The summed E-state index contributed by atoms with van der Waals surface area (Å²) in [5, 5.41) is 9.16. The van der Waals surface area contributed by atoms with Crippen molar-refractivity contribution in [2.24, 2.45) is 0 Å². The van der Waals surface area contributed by atoms with Crippen molar-refractivity contribution in [1.29, 1.82) is 5.26 Å². The Balaban J connectivity index is 2.28. The van der Waals surface area contributed by atoms with Gasteiger partial charge in [0.25, 0.3) is 0 Å². The molecule has 2 heteroatoms. The molecule has 0 aliphatic carbocycles. The van der Waals surface area contributed by atoms with Crippen LogP contribution in [0.3, 0.4) is 0 Å². The van der Waals surface area contributed by atoms with Gasteiger partial charge in [-0.1, -0.05) is 35.9 Å². The van der Waals surface area contributed by atoms with Gasteiger partial charge in [-0.05, 0) is 37.1 Å². The molecular formula is C17H18N2. The summed E-state index contributed by atoms with van der Waals surface area (Å²) in [5.74, 6) is 0. The summed E-state index contributed by atoms with van der Waals surface area (Å²) in [6.45, 7) is 5.04. The van der Waals surface area contributed by atoms with E-state index in [4.69, 9.17) is 5.26 Å². The van der Waals surface area contributed by atoms with Crippen LogP contribution < -0.4 is 4.90 Å². The summed E-state index contributed by atoms with van der Waals surface area (Å²) < 4.78 is 0. The third kappa shape index (κ3) is 2.95. The average molecular weight is 250 g/mol. The molecule has 0 radical (unpaired) electrons. The minimum Gasteiger partial charge on any atom is -0.369 e. The predicted octanol–water partition coefficient (Wildman–Crippen LogP) is 3.81. The second-order valence-electron chi connectivity index (χ2n) is 4.91. The van der Waals surface area contributed by atoms with Crippen LogP contribution in [0.5, 0.6) is 0 Å². The lowest BCUT2D eigenvalue weighted by molar-refractivity contribution is 0.910. The smallest absolute Gasteiger partial charge is 0.101 e. The normalized spacial score (nSPS) is 10.0. The highest BCUT2D eigenvalue weighted by Gasteiger charge is 2.08. The van der Waals surface area contributed by atoms with Crippen LogP contribution >= 0.6 is 0 Å². The first-order valence-electron chi connectivity index (χ1n) is 6.38. The number of aryl methyl sites for hydroxylation is 2. The second kappa shape index (κ2) is 5.58. The lowest BCUT2D eigenvalue weighted by atomic mass is 10.0. The van der Waals surface area contributed by atoms with Crippen molar-refractivity contribution in [1.82, 2.24) is 0 Å². The van der Waals surface area contributed by atoms with Crippen LogP contribution in [0.1, 0.15) is 22.3 Å². The molecule has 2 rings (SSSR count). The van der Waals surface area contributed by atoms with Crippen LogP contribution in [-0.4, -0.2) is 7.05 Å². The molecule has 0 N–H and O–H groups in total. The van der Waals surface area contributed by atoms with Gasteiger partial charge in [-0.15, -0.1) is 0 Å². The number of benzene rings is 2. The molecule has 0 bridgehead atoms. The molecule has 96 valence electrons. The van der Waals surface area contributed by atoms with Gasteiger partial charge < -0.3 is 4.90 Å². The lowest BCUT2D eigenvalue weighted by Gasteiger charge is -2.21. The summed E-state index contributed by atoms with van der Waals surface area (Å²) in [7, 11) is 2.03. The number of para-hydroxylation sites is 1. The summed E-state index contributed by atoms with van der Waals surface area (Å²) in [4.78, 5) is 2.13. The fourth-order valence-corrected chi connectivity index (χ4v) is 2.21. The van der Waals surface area contributed by atoms with E-state index in [1.165, 1.54) is 16.7 Å². The van der Waals surface area contributed by atoms with E-state index in [1.54, 1.807) is 0 Å². The fraction of sp³-hybridized carbons (Fsp3) is 0.235. The molecule has 2 nitrogen and oxygen atoms in total. The van der Waals surface area contributed by atoms with Gasteiger partial charge in [0.1, 0.15) is 6.07 Å². The Morgan fingerprint density at radius 2 is 1.84 bits per heavy atom. The van der Waals surface area contributed by atoms with Gasteiger partial charge in [0.05, 0.1) is 11.3 Å². The van der Waals surface area contributed by atoms with Gasteiger partial charge in [-0.25, -0.2) is 0 Å². The molecule has 0 aliphatic rings. The minimum absolute atomic E-state index is 0.718. The molecule has 0 heterocycles. The zero-order chi connectivity index (χ0) is 13.8. The van der Waals surface area contributed by atoms with E-state index < -0.39 is 0 Å². The van der Waals surface area contributed by atoms with Gasteiger partial charge in [0.2, 0.25) is 0 Å². The Bertz CT molecular complexity index is 623. The maximum absolute atomic E-state index is 9.16. The first-order chi connectivity index (χ1) is 9.11. The molecular weight excluding hydrogens is 232 g/mol. The van der Waals surface area contributed by atoms with E-state index in [0.29, 0.717) is 0 Å². The van der Waals surface area contributed by atoms with Gasteiger partial charge in [0.15, 0.2) is 0 Å². The molecule has 0 atom stereocenters. The highest BCUT2D eigenvalue weighted by Crippen LogP contribution is 2.21. The Hall–Kier alpha value is -2.27. The molecule has 0 saturated heterocycles. The van der Waals surface area contributed by atoms with Crippen molar-refractivity contribution in [3.63, 3.8) is 0 Å². The summed E-state index contributed by atoms with van der Waals surface area (Å²) >= 11 is 0. The van der Waals surface area contributed by atoms with Crippen molar-refractivity contribution in [3.05, 3.63) is 64.7 Å². The van der Waals surface area contributed by atoms with E-state index in [-0.39, 0.29) is 0 Å². The van der Waals surface area contributed by atoms with E-state index >= 15 is 0 Å². The van der Waals surface area contributed by atoms with Crippen LogP contribution in [0, 0.1) is 25.2 Å². The molecule has 2 aromatic carbocycles. The maximum atomic E-state index is 9.16. The van der Waals surface area contributed by atoms with Crippen molar-refractivity contribution in [2.45, 2.75) is 20.4 Å². The third-order valence-corrected chi connectivity index (χ3v) is 3.35. The van der Waals surface area contributed by atoms with Gasteiger partial charge >= 0.3 is 0 Å². The minimum atomic E-state index is 0.718. The topological polar surface area (TPSA) is 27.0 Å². The van der Waals surface area contributed by atoms with Crippen LogP contribution in [0.15, 0.2) is 42.5 Å². The fourth-order valence-electron chi connectivity index (χ4n) is 2.21. The van der Waals surface area contributed by atoms with Gasteiger partial charge in [-0.2, -0.15) is 5.26 Å². The number of hydrogen-bond donors (Lipinski definition) is 0. The van der Waals surface area contributed by atoms with E-state index in [2.05, 4.69) is 43.0 Å². The zero-order valence-corrected chi connectivity index (χ0v) is 11.6. The molecule has 0 spiro atoms. The van der Waals surface area contributed by atoms with Crippen molar-refractivity contribution in [2.75, 3.05) is 11.9 Å². The number of rotatable bonds is 3. The number of nitrogens with zero attached hydrogens (tertiary/aromatic N) is 2. The number of hydrogen-bond acceptors (Lipinski definition) is 2. The summed E-state index contributed by atoms with van der Waals surface area (Å²) in [5.41, 5.74) is 5.55. The highest BCUT2D eigenvalue weighted by atomic mass is 15.1. The Labute approximate surface area is 114 Å². The molecule has 0 aliphatic heterocycles. The molecule has 0 saturated carbocycles. The molecule has 19 heavy (non-hydrogen) atoms. The largest absolute Gasteiger partial charge is 0.369 e. The van der Waals surface area contributed by atoms with Crippen LogP contribution in [0.2, 0.25) is 0 Å². The molecule has 0 fully saturated rings. The quantitative estimate of drug-likeness (QED) is 0.828. The van der Waals surface area contributed by atoms with Crippen molar-refractivity contribution < 1.29 is 0 Å². The SMILES string of the molecule is Cc1ccc(C)c(CN(C)c2ccccc2C#N)c1. The van der Waals surface area contributed by atoms with E-state index in [9.17, 15) is 0 Å². The first kappa shape index (κ1) is 13.2. The van der Waals surface area contributed by atoms with E-state index in [1.807, 2.05) is 31.3 Å². The summed E-state index contributed by atoms with van der Waals surface area (Å²) in [6, 6.07) is 16.4. The molecule has 0 unspecified atom stereocenters. The monoisotopic (exact) mass is 250 g/mol. The Morgan fingerprint density at radius 3 is 2.58 bits per heavy atom. The molecule has 0 aromatic heterocycles. The van der Waals surface area contributed by atoms with Crippen LogP contribution in [-0.2, 0) is 6.54 Å². The number of anilines is 1. The molecule has 0 amide bonds. The average Bonchev–Trinajstić information content (AvgIpc) is 2.42. The van der Waals surface area contributed by atoms with Crippen molar-refractivity contribution >= 4 is 5.69 Å². The maximum Gasteiger partial charge on any atom is 0.101 e. The Kier molecular flexibility index (Phi) is 3.87. The van der Waals surface area contributed by atoms with Crippen LogP contribution in [0.4, 0.5) is 5.69 Å². The zero-order valence-electron chi connectivity index (χ0n) is 11.6. The van der Waals surface area contributed by atoms with E-state index in [0.717, 1.165) is 17.8 Å². The third-order valence-electron chi connectivity index (χ3n) is 3.35. The number of nitriles is 1. The Morgan fingerprint density at radius 1 is 1.11 bits per heavy atom. The summed E-state index contributed by atoms with van der Waals surface area (Å²) in [6.07, 6.45) is 0. The molecule has 2 aromatic rings. The first-order valence-corrected chi connectivity index (χ1v) is 6.38. The highest BCUT2D eigenvalue weighted by molar-refractivity contribution is 5.59. The second-order valence-corrected chi connectivity index (χ2v) is 4.91. The van der Waals surface area contributed by atoms with Gasteiger partial charge in [0, 0.05) is 13.6 Å². The lowest BCUT2D eigenvalue weighted by Crippen LogP contribution is -2.18.